The predicted molar refractivity (Wildman–Crippen MR) is 214 cm³/mol. The molecule has 1 aliphatic rings. The Bertz CT molecular complexity index is 2150. The molecule has 276 valence electrons. The number of esters is 1. The maximum absolute atomic E-state index is 13.6. The molecule has 1 aliphatic heterocycles. The lowest BCUT2D eigenvalue weighted by Crippen LogP contribution is -2.30. The van der Waals surface area contributed by atoms with Gasteiger partial charge in [-0.1, -0.05) is 72.8 Å². The van der Waals surface area contributed by atoms with Crippen molar-refractivity contribution in [2.24, 2.45) is 0 Å². The van der Waals surface area contributed by atoms with Crippen LogP contribution in [0.5, 0.6) is 5.75 Å². The van der Waals surface area contributed by atoms with Gasteiger partial charge in [-0.15, -0.1) is 23.1 Å². The summed E-state index contributed by atoms with van der Waals surface area (Å²) >= 11 is 2.71. The molecule has 0 atom stereocenters. The zero-order valence-electron chi connectivity index (χ0n) is 29.9. The zero-order chi connectivity index (χ0) is 37.9. The van der Waals surface area contributed by atoms with E-state index in [1.54, 1.807) is 73.7 Å². The Labute approximate surface area is 322 Å². The Kier molecular flexibility index (Phi) is 12.9. The van der Waals surface area contributed by atoms with Gasteiger partial charge in [0, 0.05) is 46.2 Å². The number of para-hydroxylation sites is 1. The molecule has 0 radical (unpaired) electrons. The maximum atomic E-state index is 13.6. The number of thioether (sulfide) groups is 1. The van der Waals surface area contributed by atoms with Gasteiger partial charge in [0.05, 0.1) is 25.0 Å². The van der Waals surface area contributed by atoms with Crippen LogP contribution in [0.4, 0.5) is 10.7 Å². The molecule has 0 fully saturated rings. The van der Waals surface area contributed by atoms with Gasteiger partial charge in [0.25, 0.3) is 11.8 Å². The van der Waals surface area contributed by atoms with E-state index < -0.39 is 17.8 Å². The summed E-state index contributed by atoms with van der Waals surface area (Å²) in [5.41, 5.74) is 4.10. The normalized spacial score (nSPS) is 12.7. The quantitative estimate of drug-likeness (QED) is 0.0600. The van der Waals surface area contributed by atoms with Crippen LogP contribution in [-0.4, -0.2) is 54.6 Å². The van der Waals surface area contributed by atoms with Crippen molar-refractivity contribution >= 4 is 63.6 Å². The molecule has 3 amide bonds. The van der Waals surface area contributed by atoms with Gasteiger partial charge in [-0.25, -0.2) is 4.79 Å². The minimum Gasteiger partial charge on any atom is -0.496 e. The number of nitrogens with one attached hydrogen (secondary N) is 3. The van der Waals surface area contributed by atoms with E-state index in [0.29, 0.717) is 46.1 Å². The first kappa shape index (κ1) is 38.0. The van der Waals surface area contributed by atoms with Crippen LogP contribution in [0.25, 0.3) is 6.08 Å². The largest absolute Gasteiger partial charge is 0.496 e. The number of benzene rings is 4. The van der Waals surface area contributed by atoms with Gasteiger partial charge >= 0.3 is 5.97 Å². The molecular formula is C42H40N4O6S2. The zero-order valence-corrected chi connectivity index (χ0v) is 31.6. The van der Waals surface area contributed by atoms with Crippen molar-refractivity contribution in [2.75, 3.05) is 36.6 Å². The molecule has 10 nitrogen and oxygen atoms in total. The van der Waals surface area contributed by atoms with Crippen molar-refractivity contribution in [3.8, 4) is 5.75 Å². The van der Waals surface area contributed by atoms with E-state index in [-0.39, 0.29) is 24.0 Å². The summed E-state index contributed by atoms with van der Waals surface area (Å²) in [6.07, 6.45) is 2.24. The minimum atomic E-state index is -0.541. The van der Waals surface area contributed by atoms with Crippen molar-refractivity contribution in [2.45, 2.75) is 31.3 Å². The van der Waals surface area contributed by atoms with Crippen LogP contribution in [0.3, 0.4) is 0 Å². The number of methoxy groups -OCH3 is 1. The molecule has 1 aromatic heterocycles. The van der Waals surface area contributed by atoms with Crippen LogP contribution < -0.4 is 20.7 Å². The number of hydrogen-bond acceptors (Lipinski definition) is 9. The highest BCUT2D eigenvalue weighted by Crippen LogP contribution is 2.38. The number of carbonyl (C=O) groups is 4. The predicted octanol–water partition coefficient (Wildman–Crippen LogP) is 7.63. The third kappa shape index (κ3) is 9.84. The molecule has 12 heteroatoms. The number of carbonyl (C=O) groups excluding carboxylic acids is 4. The lowest BCUT2D eigenvalue weighted by molar-refractivity contribution is -0.114. The summed E-state index contributed by atoms with van der Waals surface area (Å²) in [5.74, 6) is -1.09. The highest BCUT2D eigenvalue weighted by Gasteiger charge is 2.29. The van der Waals surface area contributed by atoms with Gasteiger partial charge in [0.15, 0.2) is 0 Å². The Hall–Kier alpha value is -5.69. The molecule has 0 bridgehead atoms. The van der Waals surface area contributed by atoms with Gasteiger partial charge in [0.1, 0.15) is 16.4 Å². The van der Waals surface area contributed by atoms with Crippen LogP contribution in [0, 0.1) is 0 Å². The summed E-state index contributed by atoms with van der Waals surface area (Å²) in [6.45, 7) is 4.26. The Morgan fingerprint density at radius 2 is 1.63 bits per heavy atom. The molecule has 0 saturated heterocycles. The Morgan fingerprint density at radius 3 is 2.39 bits per heavy atom. The average Bonchev–Trinajstić information content (AvgIpc) is 3.54. The van der Waals surface area contributed by atoms with Gasteiger partial charge < -0.3 is 25.4 Å². The van der Waals surface area contributed by atoms with E-state index >= 15 is 0 Å². The Balaban J connectivity index is 1.13. The molecule has 0 unspecified atom stereocenters. The first-order valence-electron chi connectivity index (χ1n) is 17.4. The van der Waals surface area contributed by atoms with Crippen molar-refractivity contribution in [3.05, 3.63) is 148 Å². The fourth-order valence-electron chi connectivity index (χ4n) is 6.00. The van der Waals surface area contributed by atoms with Gasteiger partial charge in [-0.2, -0.15) is 0 Å². The Morgan fingerprint density at radius 1 is 0.889 bits per heavy atom. The first-order chi connectivity index (χ1) is 26.3. The second kappa shape index (κ2) is 18.4. The standard InChI is InChI=1S/C42H40N4O6S2/c1-3-52-42(50)38-33-21-22-46(25-28-13-6-4-7-14-28)26-36(33)54-41(38)45-37(47)27-53-32-19-12-18-31(24-32)43-40(49)34(23-30-17-10-11-20-35(30)51-2)44-39(48)29-15-8-5-9-16-29/h4-20,23-24H,3,21-22,25-27H2,1-2H3,(H,43,49)(H,44,48)(H,45,47)/b34-23+. The number of fused-ring (bicyclic) bond motifs is 1. The second-order valence-corrected chi connectivity index (χ2v) is 14.5. The van der Waals surface area contributed by atoms with Gasteiger partial charge in [0.2, 0.25) is 5.91 Å². The molecule has 3 N–H and O–H groups in total. The summed E-state index contributed by atoms with van der Waals surface area (Å²) < 4.78 is 10.9. The molecular weight excluding hydrogens is 721 g/mol. The number of thiophene rings is 1. The van der Waals surface area contributed by atoms with Gasteiger partial charge in [-0.05, 0) is 66.9 Å². The van der Waals surface area contributed by atoms with E-state index in [4.69, 9.17) is 9.47 Å². The first-order valence-corrected chi connectivity index (χ1v) is 19.2. The maximum Gasteiger partial charge on any atom is 0.341 e. The fourth-order valence-corrected chi connectivity index (χ4v) is 8.05. The third-order valence-corrected chi connectivity index (χ3v) is 10.7. The number of anilines is 2. The molecule has 0 aliphatic carbocycles. The van der Waals surface area contributed by atoms with Gasteiger partial charge in [-0.3, -0.25) is 19.3 Å². The number of ether oxygens (including phenoxy) is 2. The number of amides is 3. The molecule has 4 aromatic carbocycles. The summed E-state index contributed by atoms with van der Waals surface area (Å²) in [4.78, 5) is 57.3. The van der Waals surface area contributed by atoms with Crippen molar-refractivity contribution in [1.29, 1.82) is 0 Å². The van der Waals surface area contributed by atoms with E-state index in [0.717, 1.165) is 28.4 Å². The number of nitrogens with zero attached hydrogens (tertiary/aromatic N) is 1. The van der Waals surface area contributed by atoms with Crippen LogP contribution in [0.2, 0.25) is 0 Å². The summed E-state index contributed by atoms with van der Waals surface area (Å²) in [5, 5.41) is 9.09. The summed E-state index contributed by atoms with van der Waals surface area (Å²) in [7, 11) is 1.53. The SMILES string of the molecule is CCOC(=O)c1c(NC(=O)CSc2cccc(NC(=O)/C(=C\c3ccccc3OC)NC(=O)c3ccccc3)c2)sc2c1CCN(Cc1ccccc1)C2. The molecule has 0 spiro atoms. The smallest absolute Gasteiger partial charge is 0.341 e. The fraction of sp³-hybridized carbons (Fsp3) is 0.190. The van der Waals surface area contributed by atoms with E-state index in [1.807, 2.05) is 36.4 Å². The van der Waals surface area contributed by atoms with E-state index in [1.165, 1.54) is 35.8 Å². The van der Waals surface area contributed by atoms with Crippen molar-refractivity contribution in [1.82, 2.24) is 10.2 Å². The number of hydrogen-bond donors (Lipinski definition) is 3. The van der Waals surface area contributed by atoms with Crippen LogP contribution in [0.15, 0.2) is 120 Å². The summed E-state index contributed by atoms with van der Waals surface area (Å²) in [6, 6.07) is 33.1. The van der Waals surface area contributed by atoms with Crippen LogP contribution in [-0.2, 0) is 33.8 Å². The molecule has 5 aromatic rings. The molecule has 54 heavy (non-hydrogen) atoms. The second-order valence-electron chi connectivity index (χ2n) is 12.3. The van der Waals surface area contributed by atoms with Crippen molar-refractivity contribution < 1.29 is 28.7 Å². The van der Waals surface area contributed by atoms with Crippen molar-refractivity contribution in [3.63, 3.8) is 0 Å². The monoisotopic (exact) mass is 760 g/mol. The topological polar surface area (TPSA) is 126 Å². The third-order valence-electron chi connectivity index (χ3n) is 8.55. The average molecular weight is 761 g/mol. The lowest BCUT2D eigenvalue weighted by atomic mass is 10.0. The minimum absolute atomic E-state index is 0.0185. The highest BCUT2D eigenvalue weighted by molar-refractivity contribution is 8.00. The lowest BCUT2D eigenvalue weighted by Gasteiger charge is -2.27. The van der Waals surface area contributed by atoms with E-state index in [9.17, 15) is 19.2 Å². The molecule has 0 saturated carbocycles. The van der Waals surface area contributed by atoms with E-state index in [2.05, 4.69) is 33.0 Å². The molecule has 6 rings (SSSR count). The highest BCUT2D eigenvalue weighted by atomic mass is 32.2. The van der Waals surface area contributed by atoms with Crippen LogP contribution in [0.1, 0.15) is 49.2 Å². The molecule has 2 heterocycles. The number of rotatable bonds is 14. The van der Waals surface area contributed by atoms with Crippen LogP contribution >= 0.6 is 23.1 Å².